The molecule has 0 rings (SSSR count). The van der Waals surface area contributed by atoms with E-state index in [2.05, 4.69) is 0 Å². The van der Waals surface area contributed by atoms with Crippen LogP contribution in [0.1, 0.15) is 6.42 Å². The SMILES string of the molecule is COCCOCCOCCOCCOCCOCCOCCOCCOCCOCCOCCOCCOCCOCCC(=O)O. The third-order valence-electron chi connectivity index (χ3n) is 5.36. The lowest BCUT2D eigenvalue weighted by Crippen LogP contribution is -2.15. The van der Waals surface area contributed by atoms with Crippen molar-refractivity contribution in [2.24, 2.45) is 0 Å². The van der Waals surface area contributed by atoms with Gasteiger partial charge in [0.1, 0.15) is 0 Å². The Hall–Kier alpha value is -1.09. The molecule has 0 aliphatic heterocycles. The number of rotatable bonds is 42. The summed E-state index contributed by atoms with van der Waals surface area (Å²) in [6.45, 7) is 13.1. The summed E-state index contributed by atoms with van der Waals surface area (Å²) in [5, 5.41) is 8.48. The number of methoxy groups -OCH3 is 1. The Balaban J connectivity index is 3.04. The highest BCUT2D eigenvalue weighted by Crippen LogP contribution is 1.88. The Bertz CT molecular complexity index is 575. The molecule has 0 fully saturated rings. The van der Waals surface area contributed by atoms with Crippen molar-refractivity contribution in [2.45, 2.75) is 6.42 Å². The minimum atomic E-state index is -0.875. The third-order valence-corrected chi connectivity index (χ3v) is 5.36. The Kier molecular flexibility index (Phi) is 40.9. The van der Waals surface area contributed by atoms with Crippen LogP contribution in [0.3, 0.4) is 0 Å². The zero-order valence-corrected chi connectivity index (χ0v) is 27.9. The summed E-state index contributed by atoms with van der Waals surface area (Å²) in [6, 6.07) is 0. The van der Waals surface area contributed by atoms with Crippen LogP contribution in [0.25, 0.3) is 0 Å². The van der Waals surface area contributed by atoms with Gasteiger partial charge in [0.25, 0.3) is 0 Å². The highest BCUT2D eigenvalue weighted by molar-refractivity contribution is 5.66. The molecule has 0 spiro atoms. The van der Waals surface area contributed by atoms with E-state index in [9.17, 15) is 4.79 Å². The summed E-state index contributed by atoms with van der Waals surface area (Å²) >= 11 is 0. The lowest BCUT2D eigenvalue weighted by molar-refractivity contribution is -0.138. The van der Waals surface area contributed by atoms with Crippen molar-refractivity contribution in [3.8, 4) is 0 Å². The van der Waals surface area contributed by atoms with Crippen molar-refractivity contribution in [1.29, 1.82) is 0 Å². The topological polar surface area (TPSA) is 167 Å². The molecular formula is C30H60O16. The Labute approximate surface area is 274 Å². The van der Waals surface area contributed by atoms with E-state index in [1.807, 2.05) is 0 Å². The molecule has 0 amide bonds. The highest BCUT2D eigenvalue weighted by Gasteiger charge is 1.98. The maximum atomic E-state index is 10.3. The van der Waals surface area contributed by atoms with E-state index in [-0.39, 0.29) is 13.0 Å². The lowest BCUT2D eigenvalue weighted by atomic mass is 10.5. The minimum absolute atomic E-state index is 0.00327. The molecule has 46 heavy (non-hydrogen) atoms. The maximum absolute atomic E-state index is 10.3. The summed E-state index contributed by atoms with van der Waals surface area (Å²) in [5.41, 5.74) is 0. The van der Waals surface area contributed by atoms with Crippen LogP contribution in [0.15, 0.2) is 0 Å². The van der Waals surface area contributed by atoms with E-state index in [0.29, 0.717) is 172 Å². The fourth-order valence-corrected chi connectivity index (χ4v) is 3.04. The van der Waals surface area contributed by atoms with Crippen molar-refractivity contribution in [3.05, 3.63) is 0 Å². The van der Waals surface area contributed by atoms with Gasteiger partial charge >= 0.3 is 5.97 Å². The van der Waals surface area contributed by atoms with Crippen molar-refractivity contribution in [3.63, 3.8) is 0 Å². The van der Waals surface area contributed by atoms with Gasteiger partial charge in [-0.25, -0.2) is 0 Å². The zero-order chi connectivity index (χ0) is 33.3. The standard InChI is InChI=1S/C30H60O16/c1-33-4-5-35-8-9-37-12-13-39-16-17-41-20-21-43-24-25-45-28-29-46-27-26-44-23-22-42-19-18-40-15-14-38-11-10-36-7-6-34-3-2-30(31)32/h2-29H2,1H3,(H,31,32). The molecule has 0 atom stereocenters. The van der Waals surface area contributed by atoms with Gasteiger partial charge in [0.2, 0.25) is 0 Å². The molecule has 1 N–H and O–H groups in total. The van der Waals surface area contributed by atoms with Crippen molar-refractivity contribution >= 4 is 5.97 Å². The van der Waals surface area contributed by atoms with Crippen LogP contribution in [0.5, 0.6) is 0 Å². The van der Waals surface area contributed by atoms with E-state index in [0.717, 1.165) is 0 Å². The van der Waals surface area contributed by atoms with Gasteiger partial charge in [0, 0.05) is 7.11 Å². The molecule has 276 valence electrons. The predicted molar refractivity (Wildman–Crippen MR) is 165 cm³/mol. The number of carboxylic acid groups (broad SMARTS) is 1. The fourth-order valence-electron chi connectivity index (χ4n) is 3.04. The van der Waals surface area contributed by atoms with Crippen molar-refractivity contribution in [2.75, 3.05) is 185 Å². The zero-order valence-electron chi connectivity index (χ0n) is 27.9. The predicted octanol–water partition coefficient (Wildman–Crippen LogP) is 0.323. The lowest BCUT2D eigenvalue weighted by Gasteiger charge is -2.09. The van der Waals surface area contributed by atoms with E-state index in [1.165, 1.54) is 0 Å². The van der Waals surface area contributed by atoms with Gasteiger partial charge < -0.3 is 71.4 Å². The van der Waals surface area contributed by atoms with Gasteiger partial charge in [0.05, 0.1) is 185 Å². The number of ether oxygens (including phenoxy) is 14. The number of aliphatic carboxylic acids is 1. The first-order valence-corrected chi connectivity index (χ1v) is 16.0. The molecule has 16 nitrogen and oxygen atoms in total. The van der Waals surface area contributed by atoms with Gasteiger partial charge in [-0.2, -0.15) is 0 Å². The third kappa shape index (κ3) is 42.9. The van der Waals surface area contributed by atoms with Gasteiger partial charge in [-0.3, -0.25) is 4.79 Å². The monoisotopic (exact) mass is 676 g/mol. The van der Waals surface area contributed by atoms with Gasteiger partial charge in [0.15, 0.2) is 0 Å². The Morgan fingerprint density at radius 2 is 0.457 bits per heavy atom. The second-order valence-electron chi connectivity index (χ2n) is 9.10. The van der Waals surface area contributed by atoms with E-state index in [4.69, 9.17) is 71.4 Å². The van der Waals surface area contributed by atoms with Crippen LogP contribution in [-0.4, -0.2) is 197 Å². The normalized spacial score (nSPS) is 11.5. The van der Waals surface area contributed by atoms with E-state index in [1.54, 1.807) is 7.11 Å². The van der Waals surface area contributed by atoms with E-state index >= 15 is 0 Å². The quantitative estimate of drug-likeness (QED) is 0.0878. The fraction of sp³-hybridized carbons (Fsp3) is 0.967. The molecule has 0 bridgehead atoms. The number of carbonyl (C=O) groups is 1. The Morgan fingerprint density at radius 3 is 0.609 bits per heavy atom. The number of carboxylic acids is 1. The smallest absolute Gasteiger partial charge is 0.305 e. The molecule has 16 heteroatoms. The molecule has 0 aromatic carbocycles. The van der Waals surface area contributed by atoms with Crippen LogP contribution in [0.4, 0.5) is 0 Å². The molecule has 0 aromatic heterocycles. The molecule has 0 aliphatic carbocycles. The first-order chi connectivity index (χ1) is 22.8. The number of hydrogen-bond donors (Lipinski definition) is 1. The highest BCUT2D eigenvalue weighted by atomic mass is 16.6. The molecule has 0 aliphatic rings. The van der Waals surface area contributed by atoms with E-state index < -0.39 is 5.97 Å². The van der Waals surface area contributed by atoms with Gasteiger partial charge in [-0.05, 0) is 0 Å². The van der Waals surface area contributed by atoms with Crippen LogP contribution in [0, 0.1) is 0 Å². The first-order valence-electron chi connectivity index (χ1n) is 16.0. The van der Waals surface area contributed by atoms with Crippen LogP contribution in [-0.2, 0) is 71.1 Å². The minimum Gasteiger partial charge on any atom is -0.481 e. The summed E-state index contributed by atoms with van der Waals surface area (Å²) in [7, 11) is 1.64. The maximum Gasteiger partial charge on any atom is 0.305 e. The summed E-state index contributed by atoms with van der Waals surface area (Å²) < 4.78 is 75.0. The van der Waals surface area contributed by atoms with Crippen LogP contribution >= 0.6 is 0 Å². The summed E-state index contributed by atoms with van der Waals surface area (Å²) in [4.78, 5) is 10.3. The average molecular weight is 677 g/mol. The first kappa shape index (κ1) is 44.9. The molecule has 0 radical (unpaired) electrons. The molecule has 0 saturated heterocycles. The second-order valence-corrected chi connectivity index (χ2v) is 9.10. The number of hydrogen-bond acceptors (Lipinski definition) is 15. The van der Waals surface area contributed by atoms with Crippen molar-refractivity contribution < 1.29 is 76.2 Å². The molecule has 0 unspecified atom stereocenters. The van der Waals surface area contributed by atoms with Crippen LogP contribution < -0.4 is 0 Å². The summed E-state index contributed by atoms with van der Waals surface area (Å²) in [5.74, 6) is -0.875. The largest absolute Gasteiger partial charge is 0.481 e. The van der Waals surface area contributed by atoms with Crippen LogP contribution in [0.2, 0.25) is 0 Å². The molecule has 0 heterocycles. The molecule has 0 aromatic rings. The average Bonchev–Trinajstić information content (AvgIpc) is 3.05. The van der Waals surface area contributed by atoms with Gasteiger partial charge in [-0.15, -0.1) is 0 Å². The van der Waals surface area contributed by atoms with Gasteiger partial charge in [-0.1, -0.05) is 0 Å². The van der Waals surface area contributed by atoms with Crippen molar-refractivity contribution in [1.82, 2.24) is 0 Å². The Morgan fingerprint density at radius 1 is 0.304 bits per heavy atom. The molecule has 0 saturated carbocycles. The molecular weight excluding hydrogens is 616 g/mol. The summed E-state index contributed by atoms with van der Waals surface area (Å²) in [6.07, 6.45) is -0.00327. The second kappa shape index (κ2) is 41.9.